The van der Waals surface area contributed by atoms with Gasteiger partial charge in [0, 0.05) is 3.57 Å². The second kappa shape index (κ2) is 7.19. The molecule has 2 aromatic rings. The van der Waals surface area contributed by atoms with Crippen LogP contribution in [-0.2, 0) is 4.84 Å². The first-order chi connectivity index (χ1) is 11.0. The van der Waals surface area contributed by atoms with Crippen LogP contribution in [0.1, 0.15) is 12.8 Å². The maximum atomic E-state index is 14.2. The normalized spacial score (nSPS) is 13.9. The molecule has 0 saturated heterocycles. The molecular formula is C16H14ClF2IN2O. The van der Waals surface area contributed by atoms with Crippen LogP contribution in [0, 0.1) is 21.1 Å². The molecule has 1 aliphatic carbocycles. The lowest BCUT2D eigenvalue weighted by molar-refractivity contribution is 0.181. The van der Waals surface area contributed by atoms with Crippen molar-refractivity contribution < 1.29 is 13.6 Å². The molecule has 0 heterocycles. The summed E-state index contributed by atoms with van der Waals surface area (Å²) in [7, 11) is 0. The Morgan fingerprint density at radius 2 is 1.91 bits per heavy atom. The molecule has 0 atom stereocenters. The predicted octanol–water partition coefficient (Wildman–Crippen LogP) is 5.72. The molecule has 0 aromatic heterocycles. The van der Waals surface area contributed by atoms with Crippen LogP contribution in [0.5, 0.6) is 0 Å². The maximum absolute atomic E-state index is 14.2. The lowest BCUT2D eigenvalue weighted by atomic mass is 10.2. The SMILES string of the molecule is Fc1ccc(NOCC2CC2)c(Nc2ccc(I)cc2Cl)c1F. The second-order valence-corrected chi connectivity index (χ2v) is 7.04. The van der Waals surface area contributed by atoms with Crippen molar-refractivity contribution in [2.24, 2.45) is 5.92 Å². The minimum absolute atomic E-state index is 0.0381. The van der Waals surface area contributed by atoms with Crippen LogP contribution in [0.15, 0.2) is 30.3 Å². The average Bonchev–Trinajstić information content (AvgIpc) is 3.32. The third-order valence-electron chi connectivity index (χ3n) is 3.48. The summed E-state index contributed by atoms with van der Waals surface area (Å²) in [5.74, 6) is -1.38. The molecule has 0 bridgehead atoms. The van der Waals surface area contributed by atoms with Gasteiger partial charge in [0.25, 0.3) is 0 Å². The molecule has 0 radical (unpaired) electrons. The first-order valence-electron chi connectivity index (χ1n) is 7.12. The maximum Gasteiger partial charge on any atom is 0.184 e. The highest BCUT2D eigenvalue weighted by molar-refractivity contribution is 14.1. The largest absolute Gasteiger partial charge is 0.350 e. The molecule has 0 amide bonds. The number of hydrogen-bond donors (Lipinski definition) is 2. The van der Waals surface area contributed by atoms with Gasteiger partial charge in [-0.25, -0.2) is 8.78 Å². The van der Waals surface area contributed by atoms with E-state index in [0.29, 0.717) is 28.9 Å². The fraction of sp³-hybridized carbons (Fsp3) is 0.250. The van der Waals surface area contributed by atoms with Crippen molar-refractivity contribution in [3.05, 3.63) is 50.6 Å². The minimum Gasteiger partial charge on any atom is -0.350 e. The Bertz CT molecular complexity index is 725. The predicted molar refractivity (Wildman–Crippen MR) is 96.1 cm³/mol. The van der Waals surface area contributed by atoms with Crippen molar-refractivity contribution in [2.45, 2.75) is 12.8 Å². The van der Waals surface area contributed by atoms with Crippen LogP contribution < -0.4 is 10.8 Å². The Balaban J connectivity index is 1.83. The van der Waals surface area contributed by atoms with E-state index in [-0.39, 0.29) is 5.69 Å². The van der Waals surface area contributed by atoms with E-state index in [2.05, 4.69) is 33.4 Å². The molecule has 1 saturated carbocycles. The van der Waals surface area contributed by atoms with Crippen molar-refractivity contribution in [1.29, 1.82) is 0 Å². The van der Waals surface area contributed by atoms with Crippen molar-refractivity contribution in [3.63, 3.8) is 0 Å². The van der Waals surface area contributed by atoms with Crippen molar-refractivity contribution in [2.75, 3.05) is 17.4 Å². The first-order valence-corrected chi connectivity index (χ1v) is 8.58. The Morgan fingerprint density at radius 1 is 1.17 bits per heavy atom. The number of anilines is 3. The zero-order valence-corrected chi connectivity index (χ0v) is 14.9. The van der Waals surface area contributed by atoms with Gasteiger partial charge in [-0.2, -0.15) is 0 Å². The van der Waals surface area contributed by atoms with Gasteiger partial charge < -0.3 is 5.32 Å². The highest BCUT2D eigenvalue weighted by atomic mass is 127. The molecule has 2 aromatic carbocycles. The van der Waals surface area contributed by atoms with Gasteiger partial charge >= 0.3 is 0 Å². The van der Waals surface area contributed by atoms with Crippen LogP contribution in [0.25, 0.3) is 0 Å². The molecule has 23 heavy (non-hydrogen) atoms. The highest BCUT2D eigenvalue weighted by Crippen LogP contribution is 2.34. The molecule has 122 valence electrons. The summed E-state index contributed by atoms with van der Waals surface area (Å²) in [6, 6.07) is 7.75. The van der Waals surface area contributed by atoms with Gasteiger partial charge in [0.2, 0.25) is 0 Å². The highest BCUT2D eigenvalue weighted by Gasteiger charge is 2.22. The number of nitrogens with one attached hydrogen (secondary N) is 2. The van der Waals surface area contributed by atoms with E-state index in [1.807, 2.05) is 6.07 Å². The minimum atomic E-state index is -0.986. The lowest BCUT2D eigenvalue weighted by Crippen LogP contribution is -2.08. The summed E-state index contributed by atoms with van der Waals surface area (Å²) in [6.07, 6.45) is 2.28. The van der Waals surface area contributed by atoms with Crippen LogP contribution in [0.4, 0.5) is 25.8 Å². The molecule has 3 nitrogen and oxygen atoms in total. The molecule has 1 aliphatic rings. The molecule has 0 spiro atoms. The van der Waals surface area contributed by atoms with Crippen LogP contribution in [0.3, 0.4) is 0 Å². The van der Waals surface area contributed by atoms with Crippen molar-refractivity contribution in [1.82, 2.24) is 0 Å². The monoisotopic (exact) mass is 450 g/mol. The Kier molecular flexibility index (Phi) is 5.23. The van der Waals surface area contributed by atoms with Gasteiger partial charge in [-0.1, -0.05) is 11.6 Å². The molecule has 0 unspecified atom stereocenters. The van der Waals surface area contributed by atoms with Gasteiger partial charge in [-0.05, 0) is 71.7 Å². The summed E-state index contributed by atoms with van der Waals surface area (Å²) in [5.41, 5.74) is 3.46. The van der Waals surface area contributed by atoms with Gasteiger partial charge in [0.15, 0.2) is 11.6 Å². The number of rotatable bonds is 6. The fourth-order valence-electron chi connectivity index (χ4n) is 2.01. The van der Waals surface area contributed by atoms with E-state index in [1.54, 1.807) is 12.1 Å². The van der Waals surface area contributed by atoms with E-state index >= 15 is 0 Å². The summed E-state index contributed by atoms with van der Waals surface area (Å²) in [5, 5.41) is 3.26. The topological polar surface area (TPSA) is 33.3 Å². The zero-order chi connectivity index (χ0) is 16.4. The number of halogens is 4. The van der Waals surface area contributed by atoms with E-state index in [9.17, 15) is 8.78 Å². The smallest absolute Gasteiger partial charge is 0.184 e. The van der Waals surface area contributed by atoms with Crippen LogP contribution >= 0.6 is 34.2 Å². The number of hydrogen-bond acceptors (Lipinski definition) is 3. The third-order valence-corrected chi connectivity index (χ3v) is 4.47. The summed E-state index contributed by atoms with van der Waals surface area (Å²) in [6.45, 7) is 0.544. The van der Waals surface area contributed by atoms with Crippen LogP contribution in [0.2, 0.25) is 5.02 Å². The fourth-order valence-corrected chi connectivity index (χ4v) is 2.91. The van der Waals surface area contributed by atoms with Crippen molar-refractivity contribution in [3.8, 4) is 0 Å². The van der Waals surface area contributed by atoms with Crippen LogP contribution in [-0.4, -0.2) is 6.61 Å². The Morgan fingerprint density at radius 3 is 2.61 bits per heavy atom. The summed E-state index contributed by atoms with van der Waals surface area (Å²) in [4.78, 5) is 5.35. The van der Waals surface area contributed by atoms with E-state index in [0.717, 1.165) is 22.5 Å². The summed E-state index contributed by atoms with van der Waals surface area (Å²) >= 11 is 8.27. The molecule has 0 aliphatic heterocycles. The summed E-state index contributed by atoms with van der Waals surface area (Å²) < 4.78 is 28.7. The van der Waals surface area contributed by atoms with E-state index in [4.69, 9.17) is 16.4 Å². The third kappa shape index (κ3) is 4.24. The Labute approximate surface area is 151 Å². The van der Waals surface area contributed by atoms with Gasteiger partial charge in [0.1, 0.15) is 5.69 Å². The van der Waals surface area contributed by atoms with E-state index < -0.39 is 11.6 Å². The average molecular weight is 451 g/mol. The molecule has 7 heteroatoms. The zero-order valence-electron chi connectivity index (χ0n) is 12.0. The van der Waals surface area contributed by atoms with E-state index in [1.165, 1.54) is 6.07 Å². The molecule has 3 rings (SSSR count). The van der Waals surface area contributed by atoms with Gasteiger partial charge in [-0.3, -0.25) is 10.3 Å². The standard InChI is InChI=1S/C16H14ClF2IN2O/c17-11-7-10(20)3-5-13(11)21-16-14(6-4-12(18)15(16)19)22-23-8-9-1-2-9/h3-7,9,21-22H,1-2,8H2. The van der Waals surface area contributed by atoms with Gasteiger partial charge in [0.05, 0.1) is 23.0 Å². The second-order valence-electron chi connectivity index (χ2n) is 5.39. The van der Waals surface area contributed by atoms with Gasteiger partial charge in [-0.15, -0.1) is 0 Å². The Hall–Kier alpha value is -1.12. The quantitative estimate of drug-likeness (QED) is 0.436. The molecule has 1 fully saturated rings. The van der Waals surface area contributed by atoms with Crippen molar-refractivity contribution >= 4 is 51.3 Å². The molecular weight excluding hydrogens is 437 g/mol. The lowest BCUT2D eigenvalue weighted by Gasteiger charge is -2.16. The first kappa shape index (κ1) is 16.7. The number of benzene rings is 2. The molecule has 2 N–H and O–H groups in total.